The molecule has 2 aliphatic carbocycles. The Labute approximate surface area is 180 Å². The van der Waals surface area contributed by atoms with Crippen LogP contribution in [0.4, 0.5) is 0 Å². The predicted octanol–water partition coefficient (Wildman–Crippen LogP) is 8.22. The van der Waals surface area contributed by atoms with Crippen molar-refractivity contribution in [1.82, 2.24) is 0 Å². The topological polar surface area (TPSA) is 0 Å². The first-order valence-electron chi connectivity index (χ1n) is 11.8. The number of hydrogen-bond donors (Lipinski definition) is 0. The highest BCUT2D eigenvalue weighted by molar-refractivity contribution is 5.48. The van der Waals surface area contributed by atoms with Gasteiger partial charge in [-0.05, 0) is 104 Å². The van der Waals surface area contributed by atoms with E-state index < -0.39 is 0 Å². The zero-order valence-electron chi connectivity index (χ0n) is 19.7. The number of hydrogen-bond acceptors (Lipinski definition) is 0. The second kappa shape index (κ2) is 11.3. The van der Waals surface area contributed by atoms with Gasteiger partial charge in [0.15, 0.2) is 0 Å². The molecule has 3 unspecified atom stereocenters. The van der Waals surface area contributed by atoms with E-state index in [-0.39, 0.29) is 0 Å². The van der Waals surface area contributed by atoms with E-state index in [0.717, 1.165) is 23.3 Å². The summed E-state index contributed by atoms with van der Waals surface area (Å²) >= 11 is 0. The van der Waals surface area contributed by atoms with Crippen LogP contribution in [0, 0.1) is 37.5 Å². The summed E-state index contributed by atoms with van der Waals surface area (Å²) in [6, 6.07) is 13.5. The lowest BCUT2D eigenvalue weighted by Gasteiger charge is -2.39. The highest BCUT2D eigenvalue weighted by Gasteiger charge is 2.33. The van der Waals surface area contributed by atoms with Gasteiger partial charge in [-0.1, -0.05) is 65.0 Å². The third kappa shape index (κ3) is 5.76. The minimum Gasteiger partial charge on any atom is -0.0683 e. The van der Waals surface area contributed by atoms with E-state index in [0.29, 0.717) is 0 Å². The molecule has 0 N–H and O–H groups in total. The fourth-order valence-electron chi connectivity index (χ4n) is 4.79. The molecule has 0 aromatic heterocycles. The van der Waals surface area contributed by atoms with Crippen LogP contribution in [-0.4, -0.2) is 0 Å². The van der Waals surface area contributed by atoms with E-state index >= 15 is 0 Å². The second-order valence-electron chi connectivity index (χ2n) is 8.29. The molecule has 0 heterocycles. The maximum Gasteiger partial charge on any atom is 0.0251 e. The van der Waals surface area contributed by atoms with Crippen LogP contribution in [0.25, 0.3) is 0 Å². The number of aryl methyl sites for hydroxylation is 3. The van der Waals surface area contributed by atoms with Gasteiger partial charge in [0.25, 0.3) is 0 Å². The van der Waals surface area contributed by atoms with E-state index in [1.165, 1.54) is 48.8 Å². The predicted molar refractivity (Wildman–Crippen MR) is 129 cm³/mol. The number of benzene rings is 2. The van der Waals surface area contributed by atoms with Gasteiger partial charge in [0, 0.05) is 11.1 Å². The summed E-state index contributed by atoms with van der Waals surface area (Å²) in [5.41, 5.74) is 8.11. The molecule has 2 aromatic carbocycles. The van der Waals surface area contributed by atoms with Gasteiger partial charge in [0.05, 0.1) is 0 Å². The van der Waals surface area contributed by atoms with Crippen molar-refractivity contribution in [3.8, 4) is 11.8 Å². The molecular weight excluding hydrogens is 348 g/mol. The van der Waals surface area contributed by atoms with Crippen molar-refractivity contribution in [3.05, 3.63) is 69.8 Å². The molecule has 0 spiro atoms. The maximum atomic E-state index is 3.39. The van der Waals surface area contributed by atoms with Gasteiger partial charge in [-0.3, -0.25) is 0 Å². The lowest BCUT2D eigenvalue weighted by molar-refractivity contribution is 0.221. The fraction of sp³-hybridized carbons (Fsp3) is 0.517. The van der Waals surface area contributed by atoms with Crippen LogP contribution in [-0.2, 0) is 6.42 Å². The first-order chi connectivity index (χ1) is 14.1. The van der Waals surface area contributed by atoms with Crippen molar-refractivity contribution in [3.63, 3.8) is 0 Å². The Morgan fingerprint density at radius 3 is 2.10 bits per heavy atom. The van der Waals surface area contributed by atoms with Gasteiger partial charge < -0.3 is 0 Å². The molecule has 156 valence electrons. The standard InChI is InChI=1S/C25H28.2C2H6/c1-17-4-12-24-22(14-17)10-11-23-16-21(9-13-25(23)24)8-7-20-6-5-18(2)19(3)15-20;2*1-2/h5-6,9,13,15-17,22,24H,4,10-12,14H2,1-3H3;2*1-2H3. The summed E-state index contributed by atoms with van der Waals surface area (Å²) in [4.78, 5) is 0. The molecule has 2 aromatic rings. The van der Waals surface area contributed by atoms with Crippen molar-refractivity contribution in [2.45, 2.75) is 86.5 Å². The molecule has 3 atom stereocenters. The average Bonchev–Trinajstić information content (AvgIpc) is 2.77. The zero-order chi connectivity index (χ0) is 21.4. The summed E-state index contributed by atoms with van der Waals surface area (Å²) in [5.74, 6) is 9.38. The van der Waals surface area contributed by atoms with E-state index in [2.05, 4.69) is 69.0 Å². The third-order valence-electron chi connectivity index (χ3n) is 6.43. The molecule has 0 amide bonds. The molecule has 0 bridgehead atoms. The van der Waals surface area contributed by atoms with Crippen molar-refractivity contribution in [2.75, 3.05) is 0 Å². The summed E-state index contributed by atoms with van der Waals surface area (Å²) in [7, 11) is 0. The van der Waals surface area contributed by atoms with Crippen molar-refractivity contribution >= 4 is 0 Å². The highest BCUT2D eigenvalue weighted by Crippen LogP contribution is 2.46. The van der Waals surface area contributed by atoms with Crippen LogP contribution in [0.5, 0.6) is 0 Å². The second-order valence-corrected chi connectivity index (χ2v) is 8.29. The molecule has 1 fully saturated rings. The summed E-state index contributed by atoms with van der Waals surface area (Å²) < 4.78 is 0. The molecule has 2 aliphatic rings. The maximum absolute atomic E-state index is 3.39. The van der Waals surface area contributed by atoms with E-state index in [1.54, 1.807) is 11.1 Å². The summed E-state index contributed by atoms with van der Waals surface area (Å²) in [5, 5.41) is 0. The monoisotopic (exact) mass is 388 g/mol. The SMILES string of the molecule is CC.CC.Cc1ccc(C#Cc2ccc3c(c2)CCC2CC(C)CCC32)cc1C. The van der Waals surface area contributed by atoms with Gasteiger partial charge in [0.2, 0.25) is 0 Å². The van der Waals surface area contributed by atoms with Gasteiger partial charge >= 0.3 is 0 Å². The fourth-order valence-corrected chi connectivity index (χ4v) is 4.79. The Kier molecular flexibility index (Phi) is 9.03. The Morgan fingerprint density at radius 2 is 1.41 bits per heavy atom. The molecule has 0 radical (unpaired) electrons. The Hall–Kier alpha value is -2.00. The Balaban J connectivity index is 0.000000707. The van der Waals surface area contributed by atoms with Crippen molar-refractivity contribution in [2.24, 2.45) is 11.8 Å². The van der Waals surface area contributed by atoms with Crippen LogP contribution in [0.2, 0.25) is 0 Å². The Bertz CT molecular complexity index is 846. The van der Waals surface area contributed by atoms with Gasteiger partial charge in [-0.15, -0.1) is 0 Å². The zero-order valence-corrected chi connectivity index (χ0v) is 19.7. The molecule has 0 saturated heterocycles. The number of rotatable bonds is 0. The normalized spacial score (nSPS) is 21.7. The minimum absolute atomic E-state index is 0.807. The molecule has 0 nitrogen and oxygen atoms in total. The van der Waals surface area contributed by atoms with Crippen LogP contribution in [0.3, 0.4) is 0 Å². The van der Waals surface area contributed by atoms with Gasteiger partial charge in [-0.2, -0.15) is 0 Å². The van der Waals surface area contributed by atoms with E-state index in [4.69, 9.17) is 0 Å². The lowest BCUT2D eigenvalue weighted by Crippen LogP contribution is -2.27. The van der Waals surface area contributed by atoms with Gasteiger partial charge in [-0.25, -0.2) is 0 Å². The molecule has 4 rings (SSSR count). The third-order valence-corrected chi connectivity index (χ3v) is 6.43. The van der Waals surface area contributed by atoms with Gasteiger partial charge in [0.1, 0.15) is 0 Å². The minimum atomic E-state index is 0.807. The smallest absolute Gasteiger partial charge is 0.0251 e. The quantitative estimate of drug-likeness (QED) is 0.399. The first kappa shape index (κ1) is 23.3. The van der Waals surface area contributed by atoms with Crippen LogP contribution in [0.15, 0.2) is 36.4 Å². The molecule has 1 saturated carbocycles. The lowest BCUT2D eigenvalue weighted by atomic mass is 9.65. The van der Waals surface area contributed by atoms with Crippen LogP contribution in [0.1, 0.15) is 99.6 Å². The molecule has 0 aliphatic heterocycles. The summed E-state index contributed by atoms with van der Waals surface area (Å²) in [6.45, 7) is 14.7. The van der Waals surface area contributed by atoms with Crippen LogP contribution >= 0.6 is 0 Å². The van der Waals surface area contributed by atoms with Crippen LogP contribution < -0.4 is 0 Å². The van der Waals surface area contributed by atoms with E-state index in [1.807, 2.05) is 27.7 Å². The summed E-state index contributed by atoms with van der Waals surface area (Å²) in [6.07, 6.45) is 6.82. The first-order valence-corrected chi connectivity index (χ1v) is 11.8. The number of fused-ring (bicyclic) bond motifs is 3. The average molecular weight is 389 g/mol. The highest BCUT2D eigenvalue weighted by atomic mass is 14.4. The molecule has 29 heavy (non-hydrogen) atoms. The largest absolute Gasteiger partial charge is 0.0683 e. The Morgan fingerprint density at radius 1 is 0.759 bits per heavy atom. The van der Waals surface area contributed by atoms with E-state index in [9.17, 15) is 0 Å². The van der Waals surface area contributed by atoms with Crippen molar-refractivity contribution in [1.29, 1.82) is 0 Å². The molecule has 0 heteroatoms. The van der Waals surface area contributed by atoms with Crippen molar-refractivity contribution < 1.29 is 0 Å². The molecular formula is C29H40.